The fourth-order valence-corrected chi connectivity index (χ4v) is 3.15. The van der Waals surface area contributed by atoms with Crippen LogP contribution < -0.4 is 0 Å². The summed E-state index contributed by atoms with van der Waals surface area (Å²) in [5.74, 6) is 0. The van der Waals surface area contributed by atoms with Crippen LogP contribution in [0.3, 0.4) is 0 Å². The molecule has 1 heterocycles. The highest BCUT2D eigenvalue weighted by molar-refractivity contribution is 6.09. The summed E-state index contributed by atoms with van der Waals surface area (Å²) in [6.45, 7) is 0.0912. The standard InChI is InChI=1S/C20H17NO2/c22-12-14-5-8-16(9-6-14)21-19-4-2-1-3-17(19)18-11-15(13-23)7-10-20(18)21/h1-11,22-23H,12-13H2. The monoisotopic (exact) mass is 303 g/mol. The van der Waals surface area contributed by atoms with Crippen molar-refractivity contribution in [2.75, 3.05) is 0 Å². The molecule has 1 aromatic heterocycles. The van der Waals surface area contributed by atoms with E-state index in [2.05, 4.69) is 28.8 Å². The minimum absolute atomic E-state index is 0.0423. The number of aliphatic hydroxyl groups is 2. The molecule has 0 unspecified atom stereocenters. The van der Waals surface area contributed by atoms with Gasteiger partial charge in [0, 0.05) is 16.5 Å². The number of benzene rings is 3. The number of fused-ring (bicyclic) bond motifs is 3. The number of nitrogens with zero attached hydrogens (tertiary/aromatic N) is 1. The Balaban J connectivity index is 2.06. The summed E-state index contributed by atoms with van der Waals surface area (Å²) in [5.41, 5.74) is 5.12. The molecule has 0 saturated heterocycles. The first-order valence-corrected chi connectivity index (χ1v) is 7.65. The Hall–Kier alpha value is -2.62. The molecule has 4 rings (SSSR count). The van der Waals surface area contributed by atoms with Gasteiger partial charge in [-0.3, -0.25) is 0 Å². The van der Waals surface area contributed by atoms with E-state index in [9.17, 15) is 10.2 Å². The molecule has 114 valence electrons. The second kappa shape index (κ2) is 5.54. The quantitative estimate of drug-likeness (QED) is 0.605. The summed E-state index contributed by atoms with van der Waals surface area (Å²) in [7, 11) is 0. The second-order valence-electron chi connectivity index (χ2n) is 5.69. The molecule has 0 aliphatic heterocycles. The van der Waals surface area contributed by atoms with Gasteiger partial charge in [-0.05, 0) is 41.5 Å². The Bertz CT molecular complexity index is 984. The number of aromatic nitrogens is 1. The van der Waals surface area contributed by atoms with Crippen molar-refractivity contribution in [2.24, 2.45) is 0 Å². The predicted octanol–water partition coefficient (Wildman–Crippen LogP) is 3.77. The predicted molar refractivity (Wildman–Crippen MR) is 92.6 cm³/mol. The lowest BCUT2D eigenvalue weighted by Gasteiger charge is -2.08. The number of hydrogen-bond acceptors (Lipinski definition) is 2. The Morgan fingerprint density at radius 2 is 1.30 bits per heavy atom. The first kappa shape index (κ1) is 14.0. The van der Waals surface area contributed by atoms with E-state index >= 15 is 0 Å². The Morgan fingerprint density at radius 3 is 2.04 bits per heavy atom. The summed E-state index contributed by atoms with van der Waals surface area (Å²) < 4.78 is 2.22. The van der Waals surface area contributed by atoms with Crippen molar-refractivity contribution in [3.05, 3.63) is 77.9 Å². The third-order valence-electron chi connectivity index (χ3n) is 4.30. The van der Waals surface area contributed by atoms with E-state index in [0.29, 0.717) is 0 Å². The molecule has 0 radical (unpaired) electrons. The zero-order valence-electron chi connectivity index (χ0n) is 12.6. The lowest BCUT2D eigenvalue weighted by atomic mass is 10.1. The van der Waals surface area contributed by atoms with Gasteiger partial charge in [0.2, 0.25) is 0 Å². The molecule has 3 aromatic carbocycles. The van der Waals surface area contributed by atoms with Crippen molar-refractivity contribution >= 4 is 21.8 Å². The van der Waals surface area contributed by atoms with Crippen LogP contribution in [-0.4, -0.2) is 14.8 Å². The van der Waals surface area contributed by atoms with Gasteiger partial charge in [-0.15, -0.1) is 0 Å². The average Bonchev–Trinajstić information content (AvgIpc) is 2.95. The van der Waals surface area contributed by atoms with Crippen LogP contribution in [0.15, 0.2) is 66.7 Å². The van der Waals surface area contributed by atoms with Gasteiger partial charge in [0.15, 0.2) is 0 Å². The van der Waals surface area contributed by atoms with E-state index in [1.165, 1.54) is 5.39 Å². The topological polar surface area (TPSA) is 45.4 Å². The number of aliphatic hydroxyl groups excluding tert-OH is 2. The SMILES string of the molecule is OCc1ccc(-n2c3ccccc3c3cc(CO)ccc32)cc1. The summed E-state index contributed by atoms with van der Waals surface area (Å²) in [4.78, 5) is 0. The van der Waals surface area contributed by atoms with Crippen LogP contribution >= 0.6 is 0 Å². The Morgan fingerprint density at radius 1 is 0.652 bits per heavy atom. The third kappa shape index (κ3) is 2.22. The fourth-order valence-electron chi connectivity index (χ4n) is 3.15. The van der Waals surface area contributed by atoms with Gasteiger partial charge in [-0.2, -0.15) is 0 Å². The van der Waals surface area contributed by atoms with E-state index in [-0.39, 0.29) is 13.2 Å². The highest BCUT2D eigenvalue weighted by atomic mass is 16.3. The van der Waals surface area contributed by atoms with Crippen LogP contribution in [-0.2, 0) is 13.2 Å². The molecule has 0 fully saturated rings. The van der Waals surface area contributed by atoms with Crippen LogP contribution in [0.5, 0.6) is 0 Å². The van der Waals surface area contributed by atoms with Crippen molar-refractivity contribution in [3.8, 4) is 5.69 Å². The molecule has 0 aliphatic carbocycles. The second-order valence-corrected chi connectivity index (χ2v) is 5.69. The molecule has 0 aliphatic rings. The summed E-state index contributed by atoms with van der Waals surface area (Å²) in [5, 5.41) is 21.0. The molecule has 4 aromatic rings. The smallest absolute Gasteiger partial charge is 0.0682 e. The van der Waals surface area contributed by atoms with Gasteiger partial charge in [-0.25, -0.2) is 0 Å². The summed E-state index contributed by atoms with van der Waals surface area (Å²) in [6.07, 6.45) is 0. The molecule has 0 atom stereocenters. The van der Waals surface area contributed by atoms with Crippen molar-refractivity contribution in [3.63, 3.8) is 0 Å². The molecular formula is C20H17NO2. The maximum Gasteiger partial charge on any atom is 0.0682 e. The third-order valence-corrected chi connectivity index (χ3v) is 4.30. The molecular weight excluding hydrogens is 286 g/mol. The van der Waals surface area contributed by atoms with Gasteiger partial charge in [0.25, 0.3) is 0 Å². The van der Waals surface area contributed by atoms with Crippen LogP contribution in [0, 0.1) is 0 Å². The lowest BCUT2D eigenvalue weighted by molar-refractivity contribution is 0.281. The molecule has 0 bridgehead atoms. The van der Waals surface area contributed by atoms with Gasteiger partial charge < -0.3 is 14.8 Å². The number of hydrogen-bond donors (Lipinski definition) is 2. The van der Waals surface area contributed by atoms with Crippen LogP contribution in [0.1, 0.15) is 11.1 Å². The fraction of sp³-hybridized carbons (Fsp3) is 0.100. The van der Waals surface area contributed by atoms with Crippen molar-refractivity contribution < 1.29 is 10.2 Å². The molecule has 3 heteroatoms. The zero-order valence-corrected chi connectivity index (χ0v) is 12.6. The molecule has 0 spiro atoms. The van der Waals surface area contributed by atoms with E-state index in [1.54, 1.807) is 0 Å². The minimum Gasteiger partial charge on any atom is -0.392 e. The van der Waals surface area contributed by atoms with Crippen LogP contribution in [0.2, 0.25) is 0 Å². The summed E-state index contributed by atoms with van der Waals surface area (Å²) in [6, 6.07) is 22.3. The minimum atomic E-state index is 0.0423. The van der Waals surface area contributed by atoms with E-state index < -0.39 is 0 Å². The maximum atomic E-state index is 9.42. The van der Waals surface area contributed by atoms with Gasteiger partial charge in [-0.1, -0.05) is 36.4 Å². The van der Waals surface area contributed by atoms with Gasteiger partial charge in [0.05, 0.1) is 24.2 Å². The Labute approximate surface area is 134 Å². The van der Waals surface area contributed by atoms with E-state index in [0.717, 1.165) is 33.2 Å². The van der Waals surface area contributed by atoms with Gasteiger partial charge in [0.1, 0.15) is 0 Å². The highest BCUT2D eigenvalue weighted by Crippen LogP contribution is 2.32. The van der Waals surface area contributed by atoms with Crippen LogP contribution in [0.25, 0.3) is 27.5 Å². The molecule has 3 nitrogen and oxygen atoms in total. The molecule has 2 N–H and O–H groups in total. The number of para-hydroxylation sites is 1. The Kier molecular flexibility index (Phi) is 3.37. The normalized spacial score (nSPS) is 11.4. The number of rotatable bonds is 3. The first-order chi connectivity index (χ1) is 11.3. The van der Waals surface area contributed by atoms with E-state index in [1.807, 2.05) is 42.5 Å². The average molecular weight is 303 g/mol. The van der Waals surface area contributed by atoms with E-state index in [4.69, 9.17) is 0 Å². The van der Waals surface area contributed by atoms with Crippen molar-refractivity contribution in [2.45, 2.75) is 13.2 Å². The summed E-state index contributed by atoms with van der Waals surface area (Å²) >= 11 is 0. The highest BCUT2D eigenvalue weighted by Gasteiger charge is 2.12. The van der Waals surface area contributed by atoms with Gasteiger partial charge >= 0.3 is 0 Å². The molecule has 0 amide bonds. The van der Waals surface area contributed by atoms with Crippen LogP contribution in [0.4, 0.5) is 0 Å². The zero-order chi connectivity index (χ0) is 15.8. The molecule has 0 saturated carbocycles. The lowest BCUT2D eigenvalue weighted by Crippen LogP contribution is -1.94. The van der Waals surface area contributed by atoms with Crippen molar-refractivity contribution in [1.29, 1.82) is 0 Å². The largest absolute Gasteiger partial charge is 0.392 e. The molecule has 23 heavy (non-hydrogen) atoms. The van der Waals surface area contributed by atoms with Crippen molar-refractivity contribution in [1.82, 2.24) is 4.57 Å². The first-order valence-electron chi connectivity index (χ1n) is 7.65. The maximum absolute atomic E-state index is 9.42.